The van der Waals surface area contributed by atoms with Crippen molar-refractivity contribution in [3.05, 3.63) is 11.8 Å². The molecule has 1 saturated carbocycles. The Balaban J connectivity index is 2.26. The number of hydrogen-bond donors (Lipinski definition) is 0. The van der Waals surface area contributed by atoms with Gasteiger partial charge in [-0.2, -0.15) is 0 Å². The van der Waals surface area contributed by atoms with Gasteiger partial charge in [0.2, 0.25) is 0 Å². The van der Waals surface area contributed by atoms with E-state index in [1.54, 1.807) is 0 Å². The summed E-state index contributed by atoms with van der Waals surface area (Å²) in [5.74, 6) is 0.808. The fourth-order valence-electron chi connectivity index (χ4n) is 2.46. The Kier molecular flexibility index (Phi) is 1.88. The van der Waals surface area contributed by atoms with Crippen LogP contribution in [0.1, 0.15) is 13.8 Å². The molecule has 78 valence electrons. The summed E-state index contributed by atoms with van der Waals surface area (Å²) in [5, 5.41) is 0. The summed E-state index contributed by atoms with van der Waals surface area (Å²) in [7, 11) is 3.86. The minimum Gasteiger partial charge on any atom is -0.462 e. The summed E-state index contributed by atoms with van der Waals surface area (Å²) in [5.41, 5.74) is 1.09. The van der Waals surface area contributed by atoms with Crippen LogP contribution in [0.4, 0.5) is 0 Å². The Morgan fingerprint density at radius 3 is 2.71 bits per heavy atom. The molecule has 14 heavy (non-hydrogen) atoms. The number of cyclic esters (lactones) is 1. The van der Waals surface area contributed by atoms with Gasteiger partial charge in [-0.15, -0.1) is 0 Å². The number of esters is 1. The molecular weight excluding hydrogens is 178 g/mol. The van der Waals surface area contributed by atoms with E-state index < -0.39 is 0 Å². The molecule has 0 aromatic heterocycles. The zero-order valence-corrected chi connectivity index (χ0v) is 9.20. The zero-order chi connectivity index (χ0) is 10.5. The number of rotatable bonds is 1. The second-order valence-electron chi connectivity index (χ2n) is 5.05. The van der Waals surface area contributed by atoms with Crippen molar-refractivity contribution in [2.24, 2.45) is 17.3 Å². The molecule has 0 N–H and O–H groups in total. The molecule has 0 amide bonds. The first kappa shape index (κ1) is 9.56. The van der Waals surface area contributed by atoms with Gasteiger partial charge in [0.05, 0.1) is 12.2 Å². The minimum absolute atomic E-state index is 0.134. The third kappa shape index (κ3) is 1.22. The van der Waals surface area contributed by atoms with Crippen molar-refractivity contribution in [3.8, 4) is 0 Å². The molecule has 1 heterocycles. The Bertz CT molecular complexity index is 304. The van der Waals surface area contributed by atoms with Crippen LogP contribution in [0, 0.1) is 17.3 Å². The fourth-order valence-corrected chi connectivity index (χ4v) is 2.46. The molecule has 1 aliphatic heterocycles. The molecule has 0 unspecified atom stereocenters. The van der Waals surface area contributed by atoms with Gasteiger partial charge in [0.15, 0.2) is 0 Å². The fraction of sp³-hybridized carbons (Fsp3) is 0.727. The van der Waals surface area contributed by atoms with Gasteiger partial charge in [0, 0.05) is 32.1 Å². The summed E-state index contributed by atoms with van der Waals surface area (Å²) in [6, 6.07) is 0. The lowest BCUT2D eigenvalue weighted by Gasteiger charge is -2.15. The van der Waals surface area contributed by atoms with E-state index in [4.69, 9.17) is 4.74 Å². The third-order valence-corrected chi connectivity index (χ3v) is 3.41. The van der Waals surface area contributed by atoms with Gasteiger partial charge in [-0.25, -0.2) is 4.79 Å². The van der Waals surface area contributed by atoms with Gasteiger partial charge in [0.25, 0.3) is 0 Å². The number of ether oxygens (including phenoxy) is 1. The Morgan fingerprint density at radius 1 is 1.50 bits per heavy atom. The lowest BCUT2D eigenvalue weighted by molar-refractivity contribution is -0.141. The van der Waals surface area contributed by atoms with E-state index in [1.807, 2.05) is 25.2 Å². The van der Waals surface area contributed by atoms with Crippen LogP contribution >= 0.6 is 0 Å². The van der Waals surface area contributed by atoms with E-state index in [1.165, 1.54) is 0 Å². The van der Waals surface area contributed by atoms with E-state index in [2.05, 4.69) is 13.8 Å². The van der Waals surface area contributed by atoms with Crippen LogP contribution in [-0.2, 0) is 9.53 Å². The van der Waals surface area contributed by atoms with Crippen LogP contribution < -0.4 is 0 Å². The topological polar surface area (TPSA) is 29.5 Å². The summed E-state index contributed by atoms with van der Waals surface area (Å²) >= 11 is 0. The predicted octanol–water partition coefficient (Wildman–Crippen LogP) is 1.26. The predicted molar refractivity (Wildman–Crippen MR) is 53.5 cm³/mol. The maximum absolute atomic E-state index is 11.5. The molecule has 3 heteroatoms. The molecule has 2 aliphatic rings. The second kappa shape index (κ2) is 2.75. The van der Waals surface area contributed by atoms with E-state index in [9.17, 15) is 4.79 Å². The molecule has 2 rings (SSSR count). The molecule has 0 radical (unpaired) electrons. The van der Waals surface area contributed by atoms with Crippen molar-refractivity contribution in [1.82, 2.24) is 4.90 Å². The highest BCUT2D eigenvalue weighted by molar-refractivity contribution is 5.91. The molecule has 1 aliphatic carbocycles. The quantitative estimate of drug-likeness (QED) is 0.466. The third-order valence-electron chi connectivity index (χ3n) is 3.41. The second-order valence-corrected chi connectivity index (χ2v) is 5.05. The summed E-state index contributed by atoms with van der Waals surface area (Å²) < 4.78 is 5.15. The van der Waals surface area contributed by atoms with Gasteiger partial charge in [-0.1, -0.05) is 13.8 Å². The normalized spacial score (nSPS) is 36.3. The summed E-state index contributed by atoms with van der Waals surface area (Å²) in [6.45, 7) is 5.00. The van der Waals surface area contributed by atoms with Crippen LogP contribution in [0.2, 0.25) is 0 Å². The maximum atomic E-state index is 11.5. The molecule has 0 aromatic carbocycles. The van der Waals surface area contributed by atoms with E-state index in [-0.39, 0.29) is 11.4 Å². The van der Waals surface area contributed by atoms with Crippen molar-refractivity contribution < 1.29 is 9.53 Å². The minimum atomic E-state index is -0.134. The average molecular weight is 195 g/mol. The highest BCUT2D eigenvalue weighted by Crippen LogP contribution is 2.63. The van der Waals surface area contributed by atoms with Crippen molar-refractivity contribution in [2.75, 3.05) is 20.7 Å². The molecule has 1 saturated heterocycles. The van der Waals surface area contributed by atoms with Crippen molar-refractivity contribution in [1.29, 1.82) is 0 Å². The van der Waals surface area contributed by atoms with Gasteiger partial charge < -0.3 is 9.64 Å². The molecule has 0 spiro atoms. The van der Waals surface area contributed by atoms with Crippen molar-refractivity contribution in [2.45, 2.75) is 13.8 Å². The number of fused-ring (bicyclic) bond motifs is 1. The SMILES string of the molecule is CN(C)/C=C1/C(=O)OC[C@H]2[C@@H]1C2(C)C. The van der Waals surface area contributed by atoms with Crippen LogP contribution in [0.3, 0.4) is 0 Å². The number of hydrogen-bond acceptors (Lipinski definition) is 3. The maximum Gasteiger partial charge on any atom is 0.335 e. The molecule has 3 nitrogen and oxygen atoms in total. The highest BCUT2D eigenvalue weighted by Gasteiger charge is 2.63. The lowest BCUT2D eigenvalue weighted by atomic mass is 10.0. The van der Waals surface area contributed by atoms with Crippen LogP contribution in [0.25, 0.3) is 0 Å². The van der Waals surface area contributed by atoms with Crippen molar-refractivity contribution in [3.63, 3.8) is 0 Å². The molecule has 0 bridgehead atoms. The number of carbonyl (C=O) groups is 1. The van der Waals surface area contributed by atoms with Crippen LogP contribution in [0.5, 0.6) is 0 Å². The van der Waals surface area contributed by atoms with Gasteiger partial charge in [-0.3, -0.25) is 0 Å². The molecular formula is C11H17NO2. The van der Waals surface area contributed by atoms with E-state index in [0.29, 0.717) is 18.4 Å². The van der Waals surface area contributed by atoms with Crippen molar-refractivity contribution >= 4 is 5.97 Å². The summed E-state index contributed by atoms with van der Waals surface area (Å²) in [6.07, 6.45) is 1.90. The Hall–Kier alpha value is -0.990. The number of carbonyl (C=O) groups excluding carboxylic acids is 1. The lowest BCUT2D eigenvalue weighted by Crippen LogP contribution is -2.20. The Morgan fingerprint density at radius 2 is 2.14 bits per heavy atom. The highest BCUT2D eigenvalue weighted by atomic mass is 16.5. The van der Waals surface area contributed by atoms with Gasteiger partial charge >= 0.3 is 5.97 Å². The van der Waals surface area contributed by atoms with Gasteiger partial charge in [-0.05, 0) is 5.41 Å². The van der Waals surface area contributed by atoms with E-state index in [0.717, 1.165) is 5.57 Å². The Labute approximate surface area is 84.7 Å². The van der Waals surface area contributed by atoms with Gasteiger partial charge in [0.1, 0.15) is 0 Å². The van der Waals surface area contributed by atoms with Crippen LogP contribution in [0.15, 0.2) is 11.8 Å². The molecule has 2 fully saturated rings. The molecule has 2 atom stereocenters. The monoisotopic (exact) mass is 195 g/mol. The largest absolute Gasteiger partial charge is 0.462 e. The smallest absolute Gasteiger partial charge is 0.335 e. The standard InChI is InChI=1S/C11H17NO2/c1-11(2)8-6-14-10(13)7(9(8)11)5-12(3)4/h5,8-9H,6H2,1-4H3/b7-5+/t8-,9+/m0/s1. The average Bonchev–Trinajstić information content (AvgIpc) is 2.60. The van der Waals surface area contributed by atoms with E-state index >= 15 is 0 Å². The molecule has 0 aromatic rings. The first-order valence-corrected chi connectivity index (χ1v) is 5.00. The zero-order valence-electron chi connectivity index (χ0n) is 9.20. The van der Waals surface area contributed by atoms with Crippen LogP contribution in [-0.4, -0.2) is 31.6 Å². The summed E-state index contributed by atoms with van der Waals surface area (Å²) in [4.78, 5) is 13.4. The first-order chi connectivity index (χ1) is 6.44. The number of nitrogens with zero attached hydrogens (tertiary/aromatic N) is 1. The first-order valence-electron chi connectivity index (χ1n) is 5.00.